The molecular formula is C17H20FN3O2. The highest BCUT2D eigenvalue weighted by Crippen LogP contribution is 2.26. The number of amides is 1. The molecule has 1 aromatic carbocycles. The van der Waals surface area contributed by atoms with Crippen LogP contribution < -0.4 is 0 Å². The average Bonchev–Trinajstić information content (AvgIpc) is 2.85. The fourth-order valence-electron chi connectivity index (χ4n) is 2.43. The van der Waals surface area contributed by atoms with Crippen molar-refractivity contribution in [2.24, 2.45) is 0 Å². The molecule has 5 nitrogen and oxygen atoms in total. The predicted molar refractivity (Wildman–Crippen MR) is 84.5 cm³/mol. The summed E-state index contributed by atoms with van der Waals surface area (Å²) in [7, 11) is 0. The van der Waals surface area contributed by atoms with Gasteiger partial charge in [0.15, 0.2) is 0 Å². The first-order valence-electron chi connectivity index (χ1n) is 7.59. The van der Waals surface area contributed by atoms with Gasteiger partial charge in [0.1, 0.15) is 11.4 Å². The summed E-state index contributed by atoms with van der Waals surface area (Å²) in [6.45, 7) is 6.77. The zero-order chi connectivity index (χ0) is 16.6. The van der Waals surface area contributed by atoms with Crippen molar-refractivity contribution in [2.75, 3.05) is 13.1 Å². The second kappa shape index (κ2) is 5.68. The Balaban J connectivity index is 1.61. The van der Waals surface area contributed by atoms with Crippen LogP contribution in [0.2, 0.25) is 0 Å². The fourth-order valence-corrected chi connectivity index (χ4v) is 2.43. The molecule has 0 saturated carbocycles. The number of imidazole rings is 1. The van der Waals surface area contributed by atoms with E-state index in [0.717, 1.165) is 11.3 Å². The first kappa shape index (κ1) is 15.5. The number of benzene rings is 1. The van der Waals surface area contributed by atoms with Crippen molar-refractivity contribution in [3.8, 4) is 11.3 Å². The van der Waals surface area contributed by atoms with Crippen molar-refractivity contribution >= 4 is 6.09 Å². The van der Waals surface area contributed by atoms with E-state index in [1.807, 2.05) is 31.5 Å². The lowest BCUT2D eigenvalue weighted by Gasteiger charge is -2.40. The monoisotopic (exact) mass is 317 g/mol. The van der Waals surface area contributed by atoms with Crippen LogP contribution in [0.4, 0.5) is 9.18 Å². The number of nitrogens with zero attached hydrogens (tertiary/aromatic N) is 3. The van der Waals surface area contributed by atoms with Crippen LogP contribution in [0, 0.1) is 5.82 Å². The lowest BCUT2D eigenvalue weighted by Crippen LogP contribution is -2.51. The van der Waals surface area contributed by atoms with Crippen LogP contribution in [0.1, 0.15) is 26.8 Å². The van der Waals surface area contributed by atoms with Gasteiger partial charge in [-0.2, -0.15) is 0 Å². The van der Waals surface area contributed by atoms with Gasteiger partial charge in [0.05, 0.1) is 18.1 Å². The molecule has 3 rings (SSSR count). The number of hydrogen-bond acceptors (Lipinski definition) is 3. The fraction of sp³-hybridized carbons (Fsp3) is 0.412. The second-order valence-electron chi connectivity index (χ2n) is 6.75. The maximum Gasteiger partial charge on any atom is 0.410 e. The van der Waals surface area contributed by atoms with Gasteiger partial charge in [-0.15, -0.1) is 0 Å². The summed E-state index contributed by atoms with van der Waals surface area (Å²) >= 11 is 0. The van der Waals surface area contributed by atoms with E-state index in [-0.39, 0.29) is 18.0 Å². The molecule has 0 unspecified atom stereocenters. The van der Waals surface area contributed by atoms with Gasteiger partial charge in [0.25, 0.3) is 0 Å². The summed E-state index contributed by atoms with van der Waals surface area (Å²) in [6, 6.07) is 6.44. The topological polar surface area (TPSA) is 47.4 Å². The molecule has 0 spiro atoms. The Morgan fingerprint density at radius 3 is 2.52 bits per heavy atom. The van der Waals surface area contributed by atoms with Crippen LogP contribution in [0.5, 0.6) is 0 Å². The van der Waals surface area contributed by atoms with Crippen LogP contribution in [0.25, 0.3) is 11.3 Å². The van der Waals surface area contributed by atoms with Gasteiger partial charge in [-0.3, -0.25) is 0 Å². The minimum atomic E-state index is -0.479. The van der Waals surface area contributed by atoms with Gasteiger partial charge in [-0.05, 0) is 45.0 Å². The lowest BCUT2D eigenvalue weighted by molar-refractivity contribution is 0.00107. The molecule has 23 heavy (non-hydrogen) atoms. The number of rotatable bonds is 2. The summed E-state index contributed by atoms with van der Waals surface area (Å²) in [5.41, 5.74) is 1.18. The van der Waals surface area contributed by atoms with E-state index < -0.39 is 5.60 Å². The third kappa shape index (κ3) is 3.52. The van der Waals surface area contributed by atoms with Gasteiger partial charge in [-0.1, -0.05) is 0 Å². The number of hydrogen-bond donors (Lipinski definition) is 0. The van der Waals surface area contributed by atoms with E-state index in [1.165, 1.54) is 12.1 Å². The van der Waals surface area contributed by atoms with Gasteiger partial charge < -0.3 is 14.2 Å². The maximum atomic E-state index is 13.0. The molecule has 1 aromatic heterocycles. The molecule has 0 aliphatic carbocycles. The Hall–Kier alpha value is -2.37. The molecule has 2 aromatic rings. The number of ether oxygens (including phenoxy) is 1. The molecule has 1 aliphatic rings. The lowest BCUT2D eigenvalue weighted by atomic mass is 10.1. The SMILES string of the molecule is CC(C)(C)OC(=O)N1CC(n2cnc(-c3ccc(F)cc3)c2)C1. The highest BCUT2D eigenvalue weighted by Gasteiger charge is 2.34. The summed E-state index contributed by atoms with van der Waals surface area (Å²) < 4.78 is 20.3. The van der Waals surface area contributed by atoms with E-state index in [1.54, 1.807) is 23.4 Å². The molecule has 1 saturated heterocycles. The molecule has 6 heteroatoms. The van der Waals surface area contributed by atoms with E-state index in [0.29, 0.717) is 13.1 Å². The van der Waals surface area contributed by atoms with Crippen LogP contribution >= 0.6 is 0 Å². The van der Waals surface area contributed by atoms with Crippen molar-refractivity contribution in [1.29, 1.82) is 0 Å². The number of carbonyl (C=O) groups is 1. The largest absolute Gasteiger partial charge is 0.444 e. The average molecular weight is 317 g/mol. The third-order valence-corrected chi connectivity index (χ3v) is 3.68. The highest BCUT2D eigenvalue weighted by atomic mass is 19.1. The minimum absolute atomic E-state index is 0.198. The van der Waals surface area contributed by atoms with E-state index in [4.69, 9.17) is 4.74 Å². The molecule has 1 aliphatic heterocycles. The summed E-state index contributed by atoms with van der Waals surface area (Å²) in [5.74, 6) is -0.264. The first-order valence-corrected chi connectivity index (χ1v) is 7.59. The van der Waals surface area contributed by atoms with E-state index in [9.17, 15) is 9.18 Å². The standard InChI is InChI=1S/C17H20FN3O2/c1-17(2,3)23-16(22)20-8-14(9-20)21-10-15(19-11-21)12-4-6-13(18)7-5-12/h4-7,10-11,14H,8-9H2,1-3H3. The van der Waals surface area contributed by atoms with E-state index in [2.05, 4.69) is 4.98 Å². The zero-order valence-corrected chi connectivity index (χ0v) is 13.5. The molecule has 0 atom stereocenters. The molecule has 0 bridgehead atoms. The molecule has 122 valence electrons. The third-order valence-electron chi connectivity index (χ3n) is 3.68. The maximum absolute atomic E-state index is 13.0. The Morgan fingerprint density at radius 1 is 1.26 bits per heavy atom. The number of likely N-dealkylation sites (tertiary alicyclic amines) is 1. The van der Waals surface area contributed by atoms with Crippen LogP contribution in [-0.4, -0.2) is 39.2 Å². The Kier molecular flexibility index (Phi) is 3.83. The van der Waals surface area contributed by atoms with Crippen LogP contribution in [0.15, 0.2) is 36.8 Å². The Morgan fingerprint density at radius 2 is 1.91 bits per heavy atom. The summed E-state index contributed by atoms with van der Waals surface area (Å²) in [5, 5.41) is 0. The second-order valence-corrected chi connectivity index (χ2v) is 6.75. The zero-order valence-electron chi connectivity index (χ0n) is 13.5. The molecule has 1 fully saturated rings. The van der Waals surface area contributed by atoms with Crippen LogP contribution in [-0.2, 0) is 4.74 Å². The number of halogens is 1. The van der Waals surface area contributed by atoms with Gasteiger partial charge in [0, 0.05) is 24.8 Å². The number of carbonyl (C=O) groups excluding carboxylic acids is 1. The normalized spacial score (nSPS) is 15.4. The van der Waals surface area contributed by atoms with Crippen molar-refractivity contribution in [2.45, 2.75) is 32.4 Å². The highest BCUT2D eigenvalue weighted by molar-refractivity contribution is 5.69. The predicted octanol–water partition coefficient (Wildman–Crippen LogP) is 3.48. The van der Waals surface area contributed by atoms with E-state index >= 15 is 0 Å². The van der Waals surface area contributed by atoms with Crippen molar-refractivity contribution in [1.82, 2.24) is 14.5 Å². The minimum Gasteiger partial charge on any atom is -0.444 e. The number of aromatic nitrogens is 2. The summed E-state index contributed by atoms with van der Waals surface area (Å²) in [4.78, 5) is 17.9. The van der Waals surface area contributed by atoms with Crippen molar-refractivity contribution in [3.63, 3.8) is 0 Å². The smallest absolute Gasteiger partial charge is 0.410 e. The Bertz CT molecular complexity index is 697. The van der Waals surface area contributed by atoms with Crippen molar-refractivity contribution in [3.05, 3.63) is 42.6 Å². The quantitative estimate of drug-likeness (QED) is 0.852. The first-order chi connectivity index (χ1) is 10.8. The van der Waals surface area contributed by atoms with Crippen molar-refractivity contribution < 1.29 is 13.9 Å². The molecular weight excluding hydrogens is 297 g/mol. The molecule has 2 heterocycles. The molecule has 0 N–H and O–H groups in total. The van der Waals surface area contributed by atoms with Gasteiger partial charge in [-0.25, -0.2) is 14.2 Å². The van der Waals surface area contributed by atoms with Gasteiger partial charge >= 0.3 is 6.09 Å². The molecule has 1 amide bonds. The summed E-state index contributed by atoms with van der Waals surface area (Å²) in [6.07, 6.45) is 3.38. The Labute approximate surface area is 134 Å². The van der Waals surface area contributed by atoms with Gasteiger partial charge in [0.2, 0.25) is 0 Å². The van der Waals surface area contributed by atoms with Crippen LogP contribution in [0.3, 0.4) is 0 Å². The molecule has 0 radical (unpaired) electrons.